The van der Waals surface area contributed by atoms with Gasteiger partial charge >= 0.3 is 6.61 Å². The van der Waals surface area contributed by atoms with E-state index in [4.69, 9.17) is 0 Å². The van der Waals surface area contributed by atoms with Crippen molar-refractivity contribution < 1.29 is 13.5 Å². The first-order valence-electron chi connectivity index (χ1n) is 8.38. The molecule has 0 aliphatic carbocycles. The number of ether oxygens (including phenoxy) is 1. The van der Waals surface area contributed by atoms with Gasteiger partial charge in [-0.15, -0.1) is 0 Å². The lowest BCUT2D eigenvalue weighted by Gasteiger charge is -2.13. The number of nitrogens with zero attached hydrogens (tertiary/aromatic N) is 3. The number of benzene rings is 1. The van der Waals surface area contributed by atoms with Gasteiger partial charge in [0.2, 0.25) is 5.95 Å². The lowest BCUT2D eigenvalue weighted by molar-refractivity contribution is -0.0498. The zero-order valence-corrected chi connectivity index (χ0v) is 14.9. The minimum Gasteiger partial charge on any atom is -0.435 e. The van der Waals surface area contributed by atoms with E-state index in [0.29, 0.717) is 23.1 Å². The van der Waals surface area contributed by atoms with Crippen LogP contribution in [0.15, 0.2) is 54.7 Å². The van der Waals surface area contributed by atoms with E-state index in [1.54, 1.807) is 24.4 Å². The predicted molar refractivity (Wildman–Crippen MR) is 100 cm³/mol. The van der Waals surface area contributed by atoms with Gasteiger partial charge in [0, 0.05) is 24.0 Å². The maximum absolute atomic E-state index is 12.3. The second-order valence-electron chi connectivity index (χ2n) is 6.00. The van der Waals surface area contributed by atoms with E-state index in [-0.39, 0.29) is 11.8 Å². The second-order valence-corrected chi connectivity index (χ2v) is 6.00. The number of pyridine rings is 1. The van der Waals surface area contributed by atoms with E-state index in [1.807, 2.05) is 32.0 Å². The van der Waals surface area contributed by atoms with Crippen molar-refractivity contribution in [1.29, 1.82) is 0 Å². The molecule has 0 radical (unpaired) electrons. The molecular formula is C19H19F2N5O. The fraction of sp³-hybridized carbons (Fsp3) is 0.211. The third-order valence-electron chi connectivity index (χ3n) is 3.42. The van der Waals surface area contributed by atoms with Crippen molar-refractivity contribution in [2.45, 2.75) is 26.5 Å². The van der Waals surface area contributed by atoms with Crippen LogP contribution in [0.1, 0.15) is 13.8 Å². The van der Waals surface area contributed by atoms with Gasteiger partial charge in [-0.3, -0.25) is 4.98 Å². The summed E-state index contributed by atoms with van der Waals surface area (Å²) in [7, 11) is 0. The molecular weight excluding hydrogens is 352 g/mol. The van der Waals surface area contributed by atoms with Crippen LogP contribution >= 0.6 is 0 Å². The summed E-state index contributed by atoms with van der Waals surface area (Å²) in [4.78, 5) is 13.3. The third-order valence-corrected chi connectivity index (χ3v) is 3.42. The maximum Gasteiger partial charge on any atom is 0.387 e. The van der Waals surface area contributed by atoms with Crippen LogP contribution in [0.25, 0.3) is 11.4 Å². The van der Waals surface area contributed by atoms with Gasteiger partial charge in [0.05, 0.1) is 11.4 Å². The van der Waals surface area contributed by atoms with Crippen LogP contribution in [0.3, 0.4) is 0 Å². The van der Waals surface area contributed by atoms with Gasteiger partial charge in [-0.1, -0.05) is 6.07 Å². The number of alkyl halides is 2. The first-order valence-corrected chi connectivity index (χ1v) is 8.38. The van der Waals surface area contributed by atoms with Crippen molar-refractivity contribution in [3.05, 3.63) is 54.7 Å². The van der Waals surface area contributed by atoms with Gasteiger partial charge in [0.15, 0.2) is 0 Å². The van der Waals surface area contributed by atoms with Gasteiger partial charge in [0.1, 0.15) is 11.6 Å². The summed E-state index contributed by atoms with van der Waals surface area (Å²) in [6.07, 6.45) is 1.70. The molecule has 1 aromatic carbocycles. The van der Waals surface area contributed by atoms with Crippen LogP contribution in [0.4, 0.5) is 26.2 Å². The molecule has 140 valence electrons. The Bertz CT molecular complexity index is 873. The van der Waals surface area contributed by atoms with E-state index >= 15 is 0 Å². The van der Waals surface area contributed by atoms with Gasteiger partial charge in [-0.2, -0.15) is 13.8 Å². The fourth-order valence-corrected chi connectivity index (χ4v) is 2.35. The first-order chi connectivity index (χ1) is 13.0. The Balaban J connectivity index is 1.87. The largest absolute Gasteiger partial charge is 0.435 e. The summed E-state index contributed by atoms with van der Waals surface area (Å²) in [6, 6.07) is 13.7. The molecule has 27 heavy (non-hydrogen) atoms. The highest BCUT2D eigenvalue weighted by molar-refractivity contribution is 5.65. The highest BCUT2D eigenvalue weighted by atomic mass is 19.3. The van der Waals surface area contributed by atoms with Crippen LogP contribution in [0.5, 0.6) is 5.75 Å². The minimum absolute atomic E-state index is 0.0922. The second kappa shape index (κ2) is 8.39. The zero-order valence-electron chi connectivity index (χ0n) is 14.9. The molecule has 0 fully saturated rings. The molecule has 2 aromatic heterocycles. The van der Waals surface area contributed by atoms with Crippen LogP contribution in [0.2, 0.25) is 0 Å². The molecule has 8 heteroatoms. The van der Waals surface area contributed by atoms with Gasteiger partial charge < -0.3 is 15.4 Å². The van der Waals surface area contributed by atoms with Crippen molar-refractivity contribution in [2.75, 3.05) is 10.6 Å². The lowest BCUT2D eigenvalue weighted by atomic mass is 10.2. The predicted octanol–water partition coefficient (Wildman–Crippen LogP) is 4.70. The van der Waals surface area contributed by atoms with Crippen molar-refractivity contribution >= 4 is 17.5 Å². The van der Waals surface area contributed by atoms with Crippen molar-refractivity contribution in [2.24, 2.45) is 0 Å². The van der Waals surface area contributed by atoms with Crippen LogP contribution in [0, 0.1) is 0 Å². The summed E-state index contributed by atoms with van der Waals surface area (Å²) in [5, 5.41) is 6.32. The van der Waals surface area contributed by atoms with E-state index in [0.717, 1.165) is 5.69 Å². The van der Waals surface area contributed by atoms with Gasteiger partial charge in [-0.05, 0) is 50.2 Å². The Morgan fingerprint density at radius 1 is 0.963 bits per heavy atom. The number of halogens is 2. The number of hydrogen-bond acceptors (Lipinski definition) is 6. The summed E-state index contributed by atoms with van der Waals surface area (Å²) < 4.78 is 28.9. The summed E-state index contributed by atoms with van der Waals surface area (Å²) in [5.74, 6) is 1.11. The summed E-state index contributed by atoms with van der Waals surface area (Å²) in [6.45, 7) is 1.13. The maximum atomic E-state index is 12.3. The number of hydrogen-bond donors (Lipinski definition) is 2. The normalized spacial score (nSPS) is 10.9. The first kappa shape index (κ1) is 18.5. The van der Waals surface area contributed by atoms with E-state index < -0.39 is 6.61 Å². The van der Waals surface area contributed by atoms with Crippen molar-refractivity contribution in [3.8, 4) is 17.1 Å². The summed E-state index contributed by atoms with van der Waals surface area (Å²) >= 11 is 0. The number of rotatable bonds is 7. The minimum atomic E-state index is -2.85. The molecule has 0 atom stereocenters. The van der Waals surface area contributed by atoms with E-state index in [9.17, 15) is 8.78 Å². The van der Waals surface area contributed by atoms with Gasteiger partial charge in [0.25, 0.3) is 0 Å². The molecule has 0 aliphatic heterocycles. The van der Waals surface area contributed by atoms with Crippen LogP contribution in [-0.2, 0) is 0 Å². The molecule has 2 heterocycles. The Labute approximate surface area is 155 Å². The van der Waals surface area contributed by atoms with E-state index in [1.165, 1.54) is 12.1 Å². The lowest BCUT2D eigenvalue weighted by Crippen LogP contribution is -2.13. The topological polar surface area (TPSA) is 72.0 Å². The van der Waals surface area contributed by atoms with Crippen molar-refractivity contribution in [1.82, 2.24) is 15.0 Å². The average molecular weight is 371 g/mol. The van der Waals surface area contributed by atoms with Crippen molar-refractivity contribution in [3.63, 3.8) is 0 Å². The molecule has 3 aromatic rings. The molecule has 0 saturated heterocycles. The summed E-state index contributed by atoms with van der Waals surface area (Å²) in [5.41, 5.74) is 2.06. The standard InChI is InChI=1S/C19H19F2N5O/c1-12(2)23-19-25-16(15-5-3-4-10-22-15)11-17(26-19)24-13-6-8-14(9-7-13)27-18(20)21/h3-12,18H,1-2H3,(H2,23,24,25,26). The Kier molecular flexibility index (Phi) is 5.75. The zero-order chi connectivity index (χ0) is 19.2. The molecule has 3 rings (SSSR count). The molecule has 0 bridgehead atoms. The fourth-order valence-electron chi connectivity index (χ4n) is 2.35. The Morgan fingerprint density at radius 3 is 2.37 bits per heavy atom. The Morgan fingerprint density at radius 2 is 1.74 bits per heavy atom. The molecule has 0 spiro atoms. The average Bonchev–Trinajstić information content (AvgIpc) is 2.63. The van der Waals surface area contributed by atoms with E-state index in [2.05, 4.69) is 30.3 Å². The molecule has 0 aliphatic rings. The molecule has 2 N–H and O–H groups in total. The highest BCUT2D eigenvalue weighted by Crippen LogP contribution is 2.24. The third kappa shape index (κ3) is 5.34. The quantitative estimate of drug-likeness (QED) is 0.627. The molecule has 0 saturated carbocycles. The van der Waals surface area contributed by atoms with Crippen LogP contribution in [-0.4, -0.2) is 27.6 Å². The molecule has 6 nitrogen and oxygen atoms in total. The molecule has 0 amide bonds. The Hall–Kier alpha value is -3.29. The smallest absolute Gasteiger partial charge is 0.387 e. The van der Waals surface area contributed by atoms with Crippen LogP contribution < -0.4 is 15.4 Å². The SMILES string of the molecule is CC(C)Nc1nc(Nc2ccc(OC(F)F)cc2)cc(-c2ccccn2)n1. The van der Waals surface area contributed by atoms with Gasteiger partial charge in [-0.25, -0.2) is 4.98 Å². The highest BCUT2D eigenvalue weighted by Gasteiger charge is 2.09. The molecule has 0 unspecified atom stereocenters. The number of aromatic nitrogens is 3. The number of anilines is 3. The number of nitrogens with one attached hydrogen (secondary N) is 2. The monoisotopic (exact) mass is 371 g/mol.